The Hall–Kier alpha value is -1.97. The van der Waals surface area contributed by atoms with Crippen molar-refractivity contribution in [3.8, 4) is 17.0 Å². The summed E-state index contributed by atoms with van der Waals surface area (Å²) in [6.07, 6.45) is 0. The third-order valence-corrected chi connectivity index (χ3v) is 3.08. The number of hydrogen-bond acceptors (Lipinski definition) is 4. The number of rotatable bonds is 3. The number of anilines is 1. The van der Waals surface area contributed by atoms with Crippen LogP contribution in [0.3, 0.4) is 0 Å². The summed E-state index contributed by atoms with van der Waals surface area (Å²) in [5, 5.41) is 2.90. The number of methoxy groups -OCH3 is 1. The van der Waals surface area contributed by atoms with E-state index in [2.05, 4.69) is 30.2 Å². The summed E-state index contributed by atoms with van der Waals surface area (Å²) in [4.78, 5) is 4.42. The van der Waals surface area contributed by atoms with E-state index in [-0.39, 0.29) is 0 Å². The second-order valence-electron chi connectivity index (χ2n) is 4.31. The predicted octanol–water partition coefficient (Wildman–Crippen LogP) is 3.32. The summed E-state index contributed by atoms with van der Waals surface area (Å²) < 4.78 is 10.9. The van der Waals surface area contributed by atoms with Crippen molar-refractivity contribution in [2.45, 2.75) is 20.8 Å². The number of nitrogens with one attached hydrogen (secondary N) is 1. The first kappa shape index (κ1) is 12.5. The van der Waals surface area contributed by atoms with Crippen molar-refractivity contribution in [1.82, 2.24) is 4.98 Å². The summed E-state index contributed by atoms with van der Waals surface area (Å²) in [5.74, 6) is 1.60. The van der Waals surface area contributed by atoms with Gasteiger partial charge in [0.25, 0.3) is 6.01 Å². The molecule has 0 unspecified atom stereocenters. The first-order valence-electron chi connectivity index (χ1n) is 5.87. The lowest BCUT2D eigenvalue weighted by molar-refractivity contribution is 0.415. The molecule has 0 amide bonds. The van der Waals surface area contributed by atoms with Gasteiger partial charge in [-0.1, -0.05) is 0 Å². The maximum atomic E-state index is 5.51. The Morgan fingerprint density at radius 3 is 2.39 bits per heavy atom. The minimum absolute atomic E-state index is 0.516. The van der Waals surface area contributed by atoms with Gasteiger partial charge in [0.1, 0.15) is 17.2 Å². The van der Waals surface area contributed by atoms with Gasteiger partial charge in [-0.15, -0.1) is 0 Å². The lowest BCUT2D eigenvalue weighted by Gasteiger charge is -2.10. The van der Waals surface area contributed by atoms with Gasteiger partial charge in [0.15, 0.2) is 0 Å². The molecular formula is C14H18N2O2. The van der Waals surface area contributed by atoms with Gasteiger partial charge in [-0.3, -0.25) is 0 Å². The number of aromatic nitrogens is 1. The van der Waals surface area contributed by atoms with Crippen LogP contribution in [0, 0.1) is 20.8 Å². The fourth-order valence-corrected chi connectivity index (χ4v) is 1.90. The molecule has 0 saturated heterocycles. The van der Waals surface area contributed by atoms with Crippen LogP contribution in [0.4, 0.5) is 6.01 Å². The van der Waals surface area contributed by atoms with E-state index in [4.69, 9.17) is 9.15 Å². The van der Waals surface area contributed by atoms with E-state index < -0.39 is 0 Å². The summed E-state index contributed by atoms with van der Waals surface area (Å²) in [5.41, 5.74) is 4.19. The van der Waals surface area contributed by atoms with Crippen LogP contribution in [0.25, 0.3) is 11.3 Å². The number of ether oxygens (including phenoxy) is 1. The highest BCUT2D eigenvalue weighted by atomic mass is 16.5. The van der Waals surface area contributed by atoms with Gasteiger partial charge < -0.3 is 14.5 Å². The Kier molecular flexibility index (Phi) is 3.28. The Bertz CT molecular complexity index is 573. The van der Waals surface area contributed by atoms with Gasteiger partial charge >= 0.3 is 0 Å². The van der Waals surface area contributed by atoms with Crippen LogP contribution in [0.5, 0.6) is 5.75 Å². The third kappa shape index (κ3) is 2.06. The first-order valence-corrected chi connectivity index (χ1v) is 5.87. The van der Waals surface area contributed by atoms with Crippen LogP contribution in [0.15, 0.2) is 16.5 Å². The topological polar surface area (TPSA) is 47.3 Å². The number of nitrogens with zero attached hydrogens (tertiary/aromatic N) is 1. The zero-order valence-corrected chi connectivity index (χ0v) is 11.4. The molecule has 1 aromatic heterocycles. The van der Waals surface area contributed by atoms with Crippen LogP contribution >= 0.6 is 0 Å². The van der Waals surface area contributed by atoms with Gasteiger partial charge in [0.2, 0.25) is 0 Å². The molecule has 96 valence electrons. The second kappa shape index (κ2) is 4.72. The average molecular weight is 246 g/mol. The molecule has 1 heterocycles. The smallest absolute Gasteiger partial charge is 0.295 e. The lowest BCUT2D eigenvalue weighted by Crippen LogP contribution is -1.93. The van der Waals surface area contributed by atoms with Crippen molar-refractivity contribution >= 4 is 6.01 Å². The Labute approximate surface area is 107 Å². The van der Waals surface area contributed by atoms with E-state index in [1.54, 1.807) is 14.2 Å². The molecule has 0 aliphatic carbocycles. The fourth-order valence-electron chi connectivity index (χ4n) is 1.90. The lowest BCUT2D eigenvalue weighted by atomic mass is 10.0. The largest absolute Gasteiger partial charge is 0.496 e. The van der Waals surface area contributed by atoms with Crippen LogP contribution in [0.2, 0.25) is 0 Å². The number of hydrogen-bond donors (Lipinski definition) is 1. The van der Waals surface area contributed by atoms with Gasteiger partial charge in [0, 0.05) is 12.6 Å². The maximum Gasteiger partial charge on any atom is 0.295 e. The SMILES string of the molecule is CNc1nc(-c2cc(C)c(C)cc2OC)c(C)o1. The highest BCUT2D eigenvalue weighted by Gasteiger charge is 2.16. The number of oxazole rings is 1. The summed E-state index contributed by atoms with van der Waals surface area (Å²) in [6.45, 7) is 6.04. The zero-order valence-electron chi connectivity index (χ0n) is 11.4. The van der Waals surface area contributed by atoms with Gasteiger partial charge in [-0.25, -0.2) is 0 Å². The van der Waals surface area contributed by atoms with Crippen molar-refractivity contribution in [3.05, 3.63) is 29.0 Å². The minimum Gasteiger partial charge on any atom is -0.496 e. The average Bonchev–Trinajstić information content (AvgIpc) is 2.73. The van der Waals surface area contributed by atoms with E-state index in [9.17, 15) is 0 Å². The highest BCUT2D eigenvalue weighted by Crippen LogP contribution is 2.34. The Morgan fingerprint density at radius 2 is 1.83 bits per heavy atom. The molecule has 0 spiro atoms. The van der Waals surface area contributed by atoms with Crippen LogP contribution < -0.4 is 10.1 Å². The normalized spacial score (nSPS) is 10.5. The monoisotopic (exact) mass is 246 g/mol. The summed E-state index contributed by atoms with van der Waals surface area (Å²) >= 11 is 0. The molecule has 2 rings (SSSR count). The molecule has 4 heteroatoms. The van der Waals surface area contributed by atoms with Crippen LogP contribution in [-0.2, 0) is 0 Å². The molecule has 2 aromatic rings. The third-order valence-electron chi connectivity index (χ3n) is 3.08. The summed E-state index contributed by atoms with van der Waals surface area (Å²) in [7, 11) is 3.45. The van der Waals surface area contributed by atoms with Crippen molar-refractivity contribution in [2.75, 3.05) is 19.5 Å². The summed E-state index contributed by atoms with van der Waals surface area (Å²) in [6, 6.07) is 4.62. The van der Waals surface area contributed by atoms with Crippen LogP contribution in [0.1, 0.15) is 16.9 Å². The molecule has 4 nitrogen and oxygen atoms in total. The Morgan fingerprint density at radius 1 is 1.17 bits per heavy atom. The molecular weight excluding hydrogens is 228 g/mol. The molecule has 0 radical (unpaired) electrons. The quantitative estimate of drug-likeness (QED) is 0.902. The van der Waals surface area contributed by atoms with Crippen LogP contribution in [-0.4, -0.2) is 19.1 Å². The number of benzene rings is 1. The molecule has 0 bridgehead atoms. The zero-order chi connectivity index (χ0) is 13.3. The maximum absolute atomic E-state index is 5.51. The molecule has 0 fully saturated rings. The van der Waals surface area contributed by atoms with E-state index in [1.165, 1.54) is 11.1 Å². The van der Waals surface area contributed by atoms with Gasteiger partial charge in [0.05, 0.1) is 7.11 Å². The van der Waals surface area contributed by atoms with Gasteiger partial charge in [-0.2, -0.15) is 4.98 Å². The molecule has 0 saturated carbocycles. The van der Waals surface area contributed by atoms with E-state index in [1.807, 2.05) is 13.0 Å². The molecule has 0 aliphatic heterocycles. The van der Waals surface area contributed by atoms with Crippen molar-refractivity contribution in [2.24, 2.45) is 0 Å². The Balaban J connectivity index is 2.61. The van der Waals surface area contributed by atoms with Crippen molar-refractivity contribution in [1.29, 1.82) is 0 Å². The van der Waals surface area contributed by atoms with Crippen molar-refractivity contribution < 1.29 is 9.15 Å². The highest BCUT2D eigenvalue weighted by molar-refractivity contribution is 5.71. The molecule has 1 N–H and O–H groups in total. The molecule has 0 aliphatic rings. The predicted molar refractivity (Wildman–Crippen MR) is 72.2 cm³/mol. The van der Waals surface area contributed by atoms with Gasteiger partial charge in [-0.05, 0) is 44.0 Å². The molecule has 1 aromatic carbocycles. The first-order chi connectivity index (χ1) is 8.56. The van der Waals surface area contributed by atoms with E-state index in [0.717, 1.165) is 22.8 Å². The fraction of sp³-hybridized carbons (Fsp3) is 0.357. The second-order valence-corrected chi connectivity index (χ2v) is 4.31. The number of aryl methyl sites for hydroxylation is 3. The van der Waals surface area contributed by atoms with E-state index >= 15 is 0 Å². The van der Waals surface area contributed by atoms with E-state index in [0.29, 0.717) is 6.01 Å². The standard InChI is InChI=1S/C14H18N2O2/c1-8-6-11(12(17-5)7-9(8)2)13-10(3)18-14(15-4)16-13/h6-7H,1-5H3,(H,15,16). The van der Waals surface area contributed by atoms with Crippen molar-refractivity contribution in [3.63, 3.8) is 0 Å². The minimum atomic E-state index is 0.516. The molecule has 18 heavy (non-hydrogen) atoms. The molecule has 0 atom stereocenters.